The Morgan fingerprint density at radius 1 is 0.957 bits per heavy atom. The zero-order chi connectivity index (χ0) is 33.2. The molecule has 5 rings (SSSR count). The van der Waals surface area contributed by atoms with Gasteiger partial charge in [0, 0.05) is 29.5 Å². The van der Waals surface area contributed by atoms with Gasteiger partial charge in [-0.25, -0.2) is 13.6 Å². The first kappa shape index (κ1) is 32.6. The van der Waals surface area contributed by atoms with Gasteiger partial charge in [0.15, 0.2) is 6.61 Å². The van der Waals surface area contributed by atoms with Gasteiger partial charge < -0.3 is 9.57 Å². The third-order valence-corrected chi connectivity index (χ3v) is 8.31. The molecule has 0 N–H and O–H groups in total. The number of hydrogen-bond acceptors (Lipinski definition) is 6. The number of nitro groups is 1. The number of oxime groups is 1. The average Bonchev–Trinajstić information content (AvgIpc) is 3.29. The van der Waals surface area contributed by atoms with E-state index in [9.17, 15) is 32.5 Å². The van der Waals surface area contributed by atoms with E-state index in [4.69, 9.17) is 9.57 Å². The third-order valence-electron chi connectivity index (χ3n) is 8.31. The van der Waals surface area contributed by atoms with Crippen LogP contribution in [0.25, 0.3) is 21.9 Å². The summed E-state index contributed by atoms with van der Waals surface area (Å²) in [5.41, 5.74) is 3.59. The monoisotopic (exact) mass is 636 g/mol. The van der Waals surface area contributed by atoms with Gasteiger partial charge in [-0.05, 0) is 64.7 Å². The first-order valence-corrected chi connectivity index (χ1v) is 14.9. The normalized spacial score (nSPS) is 13.9. The second-order valence-electron chi connectivity index (χ2n) is 11.3. The summed E-state index contributed by atoms with van der Waals surface area (Å²) >= 11 is 0. The molecule has 0 radical (unpaired) electrons. The average molecular weight is 637 g/mol. The van der Waals surface area contributed by atoms with Crippen molar-refractivity contribution >= 4 is 28.1 Å². The van der Waals surface area contributed by atoms with E-state index in [-0.39, 0.29) is 27.6 Å². The van der Waals surface area contributed by atoms with Crippen LogP contribution in [0.5, 0.6) is 5.75 Å². The van der Waals surface area contributed by atoms with Crippen molar-refractivity contribution in [3.63, 3.8) is 0 Å². The van der Waals surface area contributed by atoms with E-state index in [1.165, 1.54) is 18.2 Å². The minimum Gasteiger partial charge on any atom is -0.486 e. The van der Waals surface area contributed by atoms with Gasteiger partial charge in [0.1, 0.15) is 11.5 Å². The first-order chi connectivity index (χ1) is 21.9. The minimum atomic E-state index is -4.40. The number of nitrogens with zero attached hydrogens (tertiary/aromatic N) is 2. The molecule has 0 saturated heterocycles. The fourth-order valence-corrected chi connectivity index (χ4v) is 6.54. The van der Waals surface area contributed by atoms with Gasteiger partial charge in [0.2, 0.25) is 0 Å². The van der Waals surface area contributed by atoms with Gasteiger partial charge >= 0.3 is 18.3 Å². The van der Waals surface area contributed by atoms with Crippen LogP contribution in [0, 0.1) is 10.1 Å². The molecule has 0 bridgehead atoms. The van der Waals surface area contributed by atoms with Crippen LogP contribution in [0.15, 0.2) is 78.0 Å². The van der Waals surface area contributed by atoms with Crippen molar-refractivity contribution in [2.24, 2.45) is 5.16 Å². The van der Waals surface area contributed by atoms with E-state index in [0.717, 1.165) is 47.4 Å². The molecule has 0 heterocycles. The molecule has 0 atom stereocenters. The Labute approximate surface area is 263 Å². The Bertz CT molecular complexity index is 1830. The lowest BCUT2D eigenvalue weighted by Gasteiger charge is -2.32. The number of non-ortho nitro benzene ring substituents is 1. The number of benzene rings is 4. The molecule has 0 aromatic heterocycles. The predicted octanol–water partition coefficient (Wildman–Crippen LogP) is 9.21. The summed E-state index contributed by atoms with van der Waals surface area (Å²) in [6.07, 6.45) is -1.03. The van der Waals surface area contributed by atoms with Crippen molar-refractivity contribution in [1.82, 2.24) is 0 Å². The molecule has 1 aliphatic carbocycles. The molecule has 1 aliphatic rings. The smallest absolute Gasteiger partial charge is 0.340 e. The molecule has 0 fully saturated rings. The van der Waals surface area contributed by atoms with E-state index in [0.29, 0.717) is 23.8 Å². The fraction of sp³-hybridized carbons (Fsp3) is 0.314. The highest BCUT2D eigenvalue weighted by Crippen LogP contribution is 2.57. The minimum absolute atomic E-state index is 0.0164. The summed E-state index contributed by atoms with van der Waals surface area (Å²) in [5.74, 6) is -5.29. The van der Waals surface area contributed by atoms with Crippen molar-refractivity contribution in [2.45, 2.75) is 64.2 Å². The predicted molar refractivity (Wildman–Crippen MR) is 167 cm³/mol. The molecule has 11 heteroatoms. The number of fused-ring (bicyclic) bond motifs is 5. The lowest BCUT2D eigenvalue weighted by Crippen LogP contribution is -2.34. The maximum absolute atomic E-state index is 13.8. The van der Waals surface area contributed by atoms with Crippen LogP contribution in [0.1, 0.15) is 68.7 Å². The SMILES string of the molecule is CCCC1(CCC)c2cc(/C(=N\OC(C)=O)c3ccccc3OCC(F)(F)C(F)F)ccc2-c2c1cc([N+](=O)[O-])c1ccccc21. The number of para-hydroxylation sites is 1. The third kappa shape index (κ3) is 5.81. The number of alkyl halides is 4. The van der Waals surface area contributed by atoms with Crippen molar-refractivity contribution < 1.29 is 36.9 Å². The zero-order valence-corrected chi connectivity index (χ0v) is 25.5. The standard InChI is InChI=1S/C35H32F4N2O5/c1-4-16-34(17-5-2)27-18-22(14-15-25(27)31-24-11-7-6-10-23(24)29(41(43)44)19-28(31)34)32(40-46-21(3)42)26-12-8-9-13-30(26)45-20-35(38,39)33(36)37/h6-15,18-19,33H,4-5,16-17,20H2,1-3H3/b40-32+. The van der Waals surface area contributed by atoms with Gasteiger partial charge in [0.25, 0.3) is 5.69 Å². The van der Waals surface area contributed by atoms with Crippen LogP contribution < -0.4 is 4.74 Å². The molecule has 7 nitrogen and oxygen atoms in total. The lowest BCUT2D eigenvalue weighted by atomic mass is 9.71. The lowest BCUT2D eigenvalue weighted by molar-refractivity contribution is -0.383. The topological polar surface area (TPSA) is 91.0 Å². The molecule has 4 aromatic carbocycles. The number of ether oxygens (including phenoxy) is 1. The Morgan fingerprint density at radius 2 is 1.61 bits per heavy atom. The summed E-state index contributed by atoms with van der Waals surface area (Å²) in [7, 11) is 0. The van der Waals surface area contributed by atoms with Crippen LogP contribution in [0.2, 0.25) is 0 Å². The molecule has 240 valence electrons. The number of carbonyl (C=O) groups excluding carboxylic acids is 1. The van der Waals surface area contributed by atoms with Crippen molar-refractivity contribution in [3.05, 3.63) is 105 Å². The number of nitro benzene ring substituents is 1. The van der Waals surface area contributed by atoms with Crippen LogP contribution in [0.3, 0.4) is 0 Å². The number of halogens is 4. The molecule has 0 amide bonds. The Hall–Kier alpha value is -4.80. The molecule has 0 saturated carbocycles. The largest absolute Gasteiger partial charge is 0.486 e. The van der Waals surface area contributed by atoms with Gasteiger partial charge in [0.05, 0.1) is 10.3 Å². The Balaban J connectivity index is 1.75. The number of rotatable bonds is 12. The Kier molecular flexibility index (Phi) is 9.14. The van der Waals surface area contributed by atoms with Gasteiger partial charge in [-0.15, -0.1) is 0 Å². The second kappa shape index (κ2) is 12.9. The zero-order valence-electron chi connectivity index (χ0n) is 25.5. The van der Waals surface area contributed by atoms with Crippen molar-refractivity contribution in [3.8, 4) is 16.9 Å². The quantitative estimate of drug-likeness (QED) is 0.0508. The molecule has 0 aliphatic heterocycles. The second-order valence-corrected chi connectivity index (χ2v) is 11.3. The van der Waals surface area contributed by atoms with Crippen LogP contribution >= 0.6 is 0 Å². The first-order valence-electron chi connectivity index (χ1n) is 14.9. The molecule has 4 aromatic rings. The van der Waals surface area contributed by atoms with E-state index in [2.05, 4.69) is 5.16 Å². The van der Waals surface area contributed by atoms with Crippen LogP contribution in [0.4, 0.5) is 23.2 Å². The van der Waals surface area contributed by atoms with Gasteiger partial charge in [-0.3, -0.25) is 10.1 Å². The van der Waals surface area contributed by atoms with Gasteiger partial charge in [-0.2, -0.15) is 8.78 Å². The summed E-state index contributed by atoms with van der Waals surface area (Å²) in [6, 6.07) is 20.3. The van der Waals surface area contributed by atoms with Crippen molar-refractivity contribution in [1.29, 1.82) is 0 Å². The van der Waals surface area contributed by atoms with E-state index in [1.807, 2.05) is 38.1 Å². The fourth-order valence-electron chi connectivity index (χ4n) is 6.54. The summed E-state index contributed by atoms with van der Waals surface area (Å²) < 4.78 is 58.7. The van der Waals surface area contributed by atoms with E-state index < -0.39 is 30.3 Å². The highest BCUT2D eigenvalue weighted by Gasteiger charge is 2.45. The highest BCUT2D eigenvalue weighted by atomic mass is 19.3. The number of carbonyl (C=O) groups is 1. The van der Waals surface area contributed by atoms with Gasteiger partial charge in [-0.1, -0.05) is 74.3 Å². The highest BCUT2D eigenvalue weighted by molar-refractivity contribution is 6.15. The Morgan fingerprint density at radius 3 is 2.24 bits per heavy atom. The van der Waals surface area contributed by atoms with Crippen LogP contribution in [-0.2, 0) is 15.0 Å². The molecule has 0 spiro atoms. The molecular weight excluding hydrogens is 604 g/mol. The molecule has 46 heavy (non-hydrogen) atoms. The number of hydrogen-bond donors (Lipinski definition) is 0. The van der Waals surface area contributed by atoms with E-state index >= 15 is 0 Å². The summed E-state index contributed by atoms with van der Waals surface area (Å²) in [6.45, 7) is 3.66. The summed E-state index contributed by atoms with van der Waals surface area (Å²) in [5, 5.41) is 17.6. The van der Waals surface area contributed by atoms with Crippen LogP contribution in [-0.4, -0.2) is 35.6 Å². The molecular formula is C35H32F4N2O5. The maximum Gasteiger partial charge on any atom is 0.340 e. The maximum atomic E-state index is 13.8. The van der Waals surface area contributed by atoms with Crippen molar-refractivity contribution in [2.75, 3.05) is 6.61 Å². The molecule has 0 unspecified atom stereocenters. The van der Waals surface area contributed by atoms with E-state index in [1.54, 1.807) is 30.3 Å². The summed E-state index contributed by atoms with van der Waals surface area (Å²) in [4.78, 5) is 28.8.